The first-order chi connectivity index (χ1) is 10.4. The van der Waals surface area contributed by atoms with Crippen molar-refractivity contribution in [2.24, 2.45) is 13.0 Å². The smallest absolute Gasteiger partial charge is 0.319 e. The standard InChI is InChI=1S/C15H25N5O2/c1-11-8-13(19(4)17-11)9-16-14(21)12-6-5-7-20(10-12)15(22)18(2)3/h8,12H,5-7,9-10H2,1-4H3,(H,16,21)/t12-/m0/s1. The maximum absolute atomic E-state index is 12.3. The normalized spacial score (nSPS) is 18.2. The highest BCUT2D eigenvalue weighted by atomic mass is 16.2. The summed E-state index contributed by atoms with van der Waals surface area (Å²) in [5.41, 5.74) is 1.91. The van der Waals surface area contributed by atoms with Crippen LogP contribution in [0.3, 0.4) is 0 Å². The van der Waals surface area contributed by atoms with E-state index in [4.69, 9.17) is 0 Å². The Labute approximate surface area is 131 Å². The first-order valence-corrected chi connectivity index (χ1v) is 7.62. The zero-order valence-corrected chi connectivity index (χ0v) is 13.8. The molecule has 7 heteroatoms. The van der Waals surface area contributed by atoms with E-state index in [1.54, 1.807) is 28.6 Å². The van der Waals surface area contributed by atoms with Crippen LogP contribution in [-0.2, 0) is 18.4 Å². The third-order valence-electron chi connectivity index (χ3n) is 3.99. The van der Waals surface area contributed by atoms with E-state index in [1.165, 1.54) is 0 Å². The Morgan fingerprint density at radius 2 is 2.18 bits per heavy atom. The molecule has 0 radical (unpaired) electrons. The molecule has 1 fully saturated rings. The van der Waals surface area contributed by atoms with Gasteiger partial charge in [-0.15, -0.1) is 0 Å². The summed E-state index contributed by atoms with van der Waals surface area (Å²) >= 11 is 0. The molecule has 1 aliphatic rings. The number of carbonyl (C=O) groups excluding carboxylic acids is 2. The highest BCUT2D eigenvalue weighted by Gasteiger charge is 2.29. The van der Waals surface area contributed by atoms with Crippen LogP contribution in [0.25, 0.3) is 0 Å². The van der Waals surface area contributed by atoms with E-state index in [1.807, 2.05) is 20.0 Å². The van der Waals surface area contributed by atoms with Gasteiger partial charge in [0, 0.05) is 34.2 Å². The number of hydrogen-bond acceptors (Lipinski definition) is 3. The molecule has 122 valence electrons. The van der Waals surface area contributed by atoms with Gasteiger partial charge in [-0.25, -0.2) is 4.79 Å². The van der Waals surface area contributed by atoms with Crippen LogP contribution in [-0.4, -0.2) is 58.7 Å². The fourth-order valence-corrected chi connectivity index (χ4v) is 2.80. The van der Waals surface area contributed by atoms with Gasteiger partial charge in [-0.1, -0.05) is 0 Å². The van der Waals surface area contributed by atoms with Crippen molar-refractivity contribution < 1.29 is 9.59 Å². The first-order valence-electron chi connectivity index (χ1n) is 7.62. The van der Waals surface area contributed by atoms with Crippen LogP contribution < -0.4 is 5.32 Å². The number of hydrogen-bond donors (Lipinski definition) is 1. The fraction of sp³-hybridized carbons (Fsp3) is 0.667. The van der Waals surface area contributed by atoms with Crippen molar-refractivity contribution in [2.75, 3.05) is 27.2 Å². The summed E-state index contributed by atoms with van der Waals surface area (Å²) in [7, 11) is 5.33. The van der Waals surface area contributed by atoms with Gasteiger partial charge in [0.05, 0.1) is 23.9 Å². The molecule has 22 heavy (non-hydrogen) atoms. The minimum Gasteiger partial charge on any atom is -0.350 e. The number of nitrogens with one attached hydrogen (secondary N) is 1. The van der Waals surface area contributed by atoms with E-state index in [-0.39, 0.29) is 17.9 Å². The Kier molecular flexibility index (Phi) is 5.05. The highest BCUT2D eigenvalue weighted by Crippen LogP contribution is 2.17. The maximum Gasteiger partial charge on any atom is 0.319 e. The summed E-state index contributed by atoms with van der Waals surface area (Å²) in [6.07, 6.45) is 1.69. The van der Waals surface area contributed by atoms with Gasteiger partial charge in [-0.2, -0.15) is 5.10 Å². The van der Waals surface area contributed by atoms with Crippen molar-refractivity contribution >= 4 is 11.9 Å². The maximum atomic E-state index is 12.3. The van der Waals surface area contributed by atoms with Gasteiger partial charge < -0.3 is 15.1 Å². The topological polar surface area (TPSA) is 70.5 Å². The molecular formula is C15H25N5O2. The van der Waals surface area contributed by atoms with Crippen molar-refractivity contribution in [1.82, 2.24) is 24.9 Å². The molecule has 0 unspecified atom stereocenters. The van der Waals surface area contributed by atoms with Gasteiger partial charge in [0.2, 0.25) is 5.91 Å². The van der Waals surface area contributed by atoms with Crippen molar-refractivity contribution in [3.8, 4) is 0 Å². The predicted molar refractivity (Wildman–Crippen MR) is 83.2 cm³/mol. The lowest BCUT2D eigenvalue weighted by atomic mass is 9.97. The minimum atomic E-state index is -0.132. The molecule has 0 bridgehead atoms. The number of urea groups is 1. The molecule has 1 aliphatic heterocycles. The van der Waals surface area contributed by atoms with Crippen LogP contribution in [0.5, 0.6) is 0 Å². The molecule has 2 heterocycles. The van der Waals surface area contributed by atoms with Crippen LogP contribution in [0, 0.1) is 12.8 Å². The Morgan fingerprint density at radius 1 is 1.45 bits per heavy atom. The lowest BCUT2D eigenvalue weighted by molar-refractivity contribution is -0.126. The quantitative estimate of drug-likeness (QED) is 0.895. The number of rotatable bonds is 3. The van der Waals surface area contributed by atoms with Crippen LogP contribution in [0.15, 0.2) is 6.07 Å². The Morgan fingerprint density at radius 3 is 2.77 bits per heavy atom. The number of nitrogens with zero attached hydrogens (tertiary/aromatic N) is 4. The number of likely N-dealkylation sites (tertiary alicyclic amines) is 1. The number of carbonyl (C=O) groups is 2. The van der Waals surface area contributed by atoms with Gasteiger partial charge in [0.1, 0.15) is 0 Å². The molecule has 0 aliphatic carbocycles. The minimum absolute atomic E-state index is 0.00936. The van der Waals surface area contributed by atoms with Crippen molar-refractivity contribution in [2.45, 2.75) is 26.3 Å². The molecular weight excluding hydrogens is 282 g/mol. The van der Waals surface area contributed by atoms with E-state index in [9.17, 15) is 9.59 Å². The lowest BCUT2D eigenvalue weighted by Crippen LogP contribution is -2.48. The number of amides is 3. The van der Waals surface area contributed by atoms with Crippen LogP contribution in [0.2, 0.25) is 0 Å². The Bertz CT molecular complexity index is 552. The largest absolute Gasteiger partial charge is 0.350 e. The molecule has 2 rings (SSSR count). The third kappa shape index (κ3) is 3.78. The molecule has 3 amide bonds. The number of piperidine rings is 1. The zero-order valence-electron chi connectivity index (χ0n) is 13.8. The van der Waals surface area contributed by atoms with E-state index < -0.39 is 0 Å². The van der Waals surface area contributed by atoms with Gasteiger partial charge in [-0.3, -0.25) is 9.48 Å². The Balaban J connectivity index is 1.89. The van der Waals surface area contributed by atoms with E-state index in [0.29, 0.717) is 13.1 Å². The number of aryl methyl sites for hydroxylation is 2. The monoisotopic (exact) mass is 307 g/mol. The van der Waals surface area contributed by atoms with Gasteiger partial charge in [0.15, 0.2) is 0 Å². The second kappa shape index (κ2) is 6.81. The summed E-state index contributed by atoms with van der Waals surface area (Å²) in [5, 5.41) is 7.22. The molecule has 0 spiro atoms. The summed E-state index contributed by atoms with van der Waals surface area (Å²) in [5.74, 6) is -0.123. The summed E-state index contributed by atoms with van der Waals surface area (Å²) in [4.78, 5) is 27.6. The van der Waals surface area contributed by atoms with Crippen molar-refractivity contribution in [1.29, 1.82) is 0 Å². The van der Waals surface area contributed by atoms with E-state index >= 15 is 0 Å². The summed E-state index contributed by atoms with van der Waals surface area (Å²) < 4.78 is 1.78. The van der Waals surface area contributed by atoms with E-state index in [2.05, 4.69) is 10.4 Å². The second-order valence-electron chi connectivity index (χ2n) is 6.08. The van der Waals surface area contributed by atoms with Crippen LogP contribution in [0.4, 0.5) is 4.79 Å². The molecule has 1 aromatic rings. The van der Waals surface area contributed by atoms with Crippen molar-refractivity contribution in [3.05, 3.63) is 17.5 Å². The van der Waals surface area contributed by atoms with Gasteiger partial charge in [0.25, 0.3) is 0 Å². The van der Waals surface area contributed by atoms with Gasteiger partial charge >= 0.3 is 6.03 Å². The molecule has 1 saturated heterocycles. The number of aromatic nitrogens is 2. The van der Waals surface area contributed by atoms with E-state index in [0.717, 1.165) is 30.8 Å². The molecule has 1 N–H and O–H groups in total. The average Bonchev–Trinajstić information content (AvgIpc) is 2.81. The van der Waals surface area contributed by atoms with Gasteiger partial charge in [-0.05, 0) is 25.8 Å². The molecule has 0 saturated carbocycles. The molecule has 1 atom stereocenters. The Hall–Kier alpha value is -2.05. The summed E-state index contributed by atoms with van der Waals surface area (Å²) in [6, 6.07) is 1.93. The lowest BCUT2D eigenvalue weighted by Gasteiger charge is -2.33. The highest BCUT2D eigenvalue weighted by molar-refractivity contribution is 5.80. The first kappa shape index (κ1) is 16.3. The molecule has 1 aromatic heterocycles. The fourth-order valence-electron chi connectivity index (χ4n) is 2.80. The SMILES string of the molecule is Cc1cc(CNC(=O)[C@H]2CCCN(C(=O)N(C)C)C2)n(C)n1. The van der Waals surface area contributed by atoms with Crippen LogP contribution >= 0.6 is 0 Å². The molecule has 0 aromatic carbocycles. The average molecular weight is 307 g/mol. The second-order valence-corrected chi connectivity index (χ2v) is 6.08. The zero-order chi connectivity index (χ0) is 16.3. The van der Waals surface area contributed by atoms with Crippen LogP contribution in [0.1, 0.15) is 24.2 Å². The van der Waals surface area contributed by atoms with Crippen molar-refractivity contribution in [3.63, 3.8) is 0 Å². The third-order valence-corrected chi connectivity index (χ3v) is 3.99. The predicted octanol–water partition coefficient (Wildman–Crippen LogP) is 0.738. The molecule has 7 nitrogen and oxygen atoms in total. The summed E-state index contributed by atoms with van der Waals surface area (Å²) in [6.45, 7) is 3.61.